The van der Waals surface area contributed by atoms with Gasteiger partial charge in [0, 0.05) is 77.0 Å². The van der Waals surface area contributed by atoms with E-state index in [4.69, 9.17) is 0 Å². The number of allylic oxidation sites excluding steroid dienone is 1. The van der Waals surface area contributed by atoms with E-state index < -0.39 is 0 Å². The van der Waals surface area contributed by atoms with Gasteiger partial charge in [0.1, 0.15) is 0 Å². The molecule has 1 aliphatic carbocycles. The zero-order valence-corrected chi connectivity index (χ0v) is 41.6. The molecule has 4 nitrogen and oxygen atoms in total. The van der Waals surface area contributed by atoms with Gasteiger partial charge in [0.25, 0.3) is 0 Å². The molecule has 13 aromatic rings. The van der Waals surface area contributed by atoms with Crippen LogP contribution in [0, 0.1) is 5.41 Å². The number of rotatable bonds is 3. The summed E-state index contributed by atoms with van der Waals surface area (Å²) in [5, 5.41) is 11.8. The van der Waals surface area contributed by atoms with Crippen molar-refractivity contribution in [2.45, 2.75) is 85.5 Å². The maximum absolute atomic E-state index is 2.68. The Labute approximate surface area is 408 Å². The fraction of sp³-hybridized carbons (Fsp3) is 0.212. The molecular formula is C66H56N4. The van der Waals surface area contributed by atoms with Gasteiger partial charge in [-0.15, -0.1) is 0 Å². The summed E-state index contributed by atoms with van der Waals surface area (Å²) in [5.41, 5.74) is 22.3. The monoisotopic (exact) mass is 904 g/mol. The first kappa shape index (κ1) is 40.3. The molecular weight excluding hydrogens is 849 g/mol. The second-order valence-electron chi connectivity index (χ2n) is 23.8. The third-order valence-corrected chi connectivity index (χ3v) is 16.7. The van der Waals surface area contributed by atoms with Crippen molar-refractivity contribution < 1.29 is 0 Å². The van der Waals surface area contributed by atoms with Crippen LogP contribution in [-0.4, -0.2) is 13.4 Å². The van der Waals surface area contributed by atoms with Crippen LogP contribution in [0.3, 0.4) is 0 Å². The zero-order chi connectivity index (χ0) is 47.5. The second kappa shape index (κ2) is 13.2. The van der Waals surface area contributed by atoms with E-state index >= 15 is 0 Å². The molecule has 6 heterocycles. The molecule has 70 heavy (non-hydrogen) atoms. The van der Waals surface area contributed by atoms with E-state index in [1.165, 1.54) is 132 Å². The van der Waals surface area contributed by atoms with Crippen molar-refractivity contribution >= 4 is 110 Å². The summed E-state index contributed by atoms with van der Waals surface area (Å²) in [6.45, 7) is 21.3. The standard InChI is InChI=1S/C66H56N4/c1-64(2,3)37-23-27-55-46(29-37)50-31-39(66(7,8)9)33-52-47-36-59-48(35-58(47)69(55)62(50)52)51-32-38(65(4,5)6)30-49-43-25-24-41(34-57(43)70(59)61(49)51)67(40-17-11-10-12-18-40)56-28-26-44-42-19-13-15-21-53(42)68-54-22-16-14-20-45(54)60(56)63(44)68/h10-29,31-36,49H,30H2,1-9H3. The normalized spacial score (nSPS) is 15.4. The van der Waals surface area contributed by atoms with Crippen LogP contribution in [0.5, 0.6) is 0 Å². The van der Waals surface area contributed by atoms with Crippen LogP contribution in [0.25, 0.3) is 98.9 Å². The maximum Gasteiger partial charge on any atom is 0.0641 e. The van der Waals surface area contributed by atoms with Crippen molar-refractivity contribution in [2.75, 3.05) is 4.90 Å². The predicted octanol–water partition coefficient (Wildman–Crippen LogP) is 18.3. The zero-order valence-electron chi connectivity index (χ0n) is 41.6. The van der Waals surface area contributed by atoms with Crippen LogP contribution in [0.4, 0.5) is 17.1 Å². The molecule has 0 saturated carbocycles. The van der Waals surface area contributed by atoms with Crippen molar-refractivity contribution in [3.63, 3.8) is 0 Å². The Morgan fingerprint density at radius 2 is 1.07 bits per heavy atom. The summed E-state index contributed by atoms with van der Waals surface area (Å²) in [4.78, 5) is 2.52. The highest BCUT2D eigenvalue weighted by molar-refractivity contribution is 6.28. The van der Waals surface area contributed by atoms with Gasteiger partial charge in [0.2, 0.25) is 0 Å². The number of hydrogen-bond donors (Lipinski definition) is 0. The summed E-state index contributed by atoms with van der Waals surface area (Å²) < 4.78 is 7.77. The summed E-state index contributed by atoms with van der Waals surface area (Å²) in [6, 6.07) is 58.4. The summed E-state index contributed by atoms with van der Waals surface area (Å²) in [6.07, 6.45) is 3.59. The van der Waals surface area contributed by atoms with E-state index in [1.54, 1.807) is 0 Å². The molecule has 0 radical (unpaired) electrons. The smallest absolute Gasteiger partial charge is 0.0641 e. The number of anilines is 3. The van der Waals surface area contributed by atoms with Crippen molar-refractivity contribution in [1.82, 2.24) is 13.4 Å². The van der Waals surface area contributed by atoms with Gasteiger partial charge < -0.3 is 18.3 Å². The van der Waals surface area contributed by atoms with E-state index in [2.05, 4.69) is 238 Å². The minimum Gasteiger partial charge on any atom is -0.312 e. The van der Waals surface area contributed by atoms with Crippen LogP contribution in [-0.2, 0) is 10.8 Å². The quantitative estimate of drug-likeness (QED) is 0.173. The molecule has 5 aromatic heterocycles. The molecule has 0 bridgehead atoms. The minimum absolute atomic E-state index is 0.0142. The van der Waals surface area contributed by atoms with E-state index in [1.807, 2.05) is 0 Å². The van der Waals surface area contributed by atoms with Gasteiger partial charge in [-0.3, -0.25) is 0 Å². The average Bonchev–Trinajstić information content (AvgIpc) is 4.17. The summed E-state index contributed by atoms with van der Waals surface area (Å²) in [7, 11) is 0. The van der Waals surface area contributed by atoms with E-state index in [9.17, 15) is 0 Å². The first-order chi connectivity index (χ1) is 33.6. The van der Waals surface area contributed by atoms with Crippen LogP contribution >= 0.6 is 0 Å². The van der Waals surface area contributed by atoms with Gasteiger partial charge in [0.15, 0.2) is 0 Å². The molecule has 8 aromatic carbocycles. The molecule has 1 atom stereocenters. The van der Waals surface area contributed by atoms with Gasteiger partial charge in [-0.1, -0.05) is 147 Å². The molecule has 2 aliphatic rings. The van der Waals surface area contributed by atoms with Gasteiger partial charge in [-0.05, 0) is 118 Å². The number of nitrogens with zero attached hydrogens (tertiary/aromatic N) is 4. The Morgan fingerprint density at radius 1 is 0.443 bits per heavy atom. The van der Waals surface area contributed by atoms with E-state index in [0.717, 1.165) is 17.8 Å². The van der Waals surface area contributed by atoms with Gasteiger partial charge >= 0.3 is 0 Å². The highest BCUT2D eigenvalue weighted by atomic mass is 15.2. The first-order valence-electron chi connectivity index (χ1n) is 25.4. The van der Waals surface area contributed by atoms with E-state index in [0.29, 0.717) is 0 Å². The molecule has 0 fully saturated rings. The number of benzene rings is 8. The highest BCUT2D eigenvalue weighted by Crippen LogP contribution is 2.56. The molecule has 4 heteroatoms. The SMILES string of the molecule is CC(C)(C)C1=Cc2c3n(c4cc5c6cc(C(C)(C)C)cc7c8cc(C(C)(C)C)ccc8n(c5cc24)c76)-c2cc(N(c4ccccc4)c4ccc5c6ccccc6n6c7ccccc7c4c56)ccc2C3C1. The number of aromatic nitrogens is 3. The van der Waals surface area contributed by atoms with Crippen molar-refractivity contribution in [1.29, 1.82) is 0 Å². The van der Waals surface area contributed by atoms with Gasteiger partial charge in [-0.25, -0.2) is 0 Å². The largest absolute Gasteiger partial charge is 0.312 e. The molecule has 0 spiro atoms. The third kappa shape index (κ3) is 5.16. The molecule has 0 N–H and O–H groups in total. The molecule has 0 amide bonds. The topological polar surface area (TPSA) is 17.0 Å². The fourth-order valence-corrected chi connectivity index (χ4v) is 13.1. The number of para-hydroxylation sites is 3. The van der Waals surface area contributed by atoms with Crippen LogP contribution in [0.1, 0.15) is 103 Å². The molecule has 340 valence electrons. The first-order valence-corrected chi connectivity index (χ1v) is 25.4. The Balaban J connectivity index is 1.02. The average molecular weight is 905 g/mol. The summed E-state index contributed by atoms with van der Waals surface area (Å²) in [5.74, 6) is 0.261. The summed E-state index contributed by atoms with van der Waals surface area (Å²) >= 11 is 0. The fourth-order valence-electron chi connectivity index (χ4n) is 13.1. The Morgan fingerprint density at radius 3 is 1.80 bits per heavy atom. The van der Waals surface area contributed by atoms with Crippen molar-refractivity contribution in [3.05, 3.63) is 185 Å². The van der Waals surface area contributed by atoms with Gasteiger partial charge in [0.05, 0.1) is 50.0 Å². The Hall–Kier alpha value is -7.56. The molecule has 1 aliphatic heterocycles. The lowest BCUT2D eigenvalue weighted by atomic mass is 9.74. The minimum atomic E-state index is -0.0142. The van der Waals surface area contributed by atoms with E-state index in [-0.39, 0.29) is 22.2 Å². The number of fused-ring (bicyclic) bond motifs is 18. The predicted molar refractivity (Wildman–Crippen MR) is 299 cm³/mol. The van der Waals surface area contributed by atoms with Crippen LogP contribution in [0.15, 0.2) is 157 Å². The molecule has 1 unspecified atom stereocenters. The maximum atomic E-state index is 2.68. The number of hydrogen-bond acceptors (Lipinski definition) is 1. The van der Waals surface area contributed by atoms with Crippen molar-refractivity contribution in [3.8, 4) is 5.69 Å². The van der Waals surface area contributed by atoms with Crippen LogP contribution < -0.4 is 4.90 Å². The molecule has 15 rings (SSSR count). The lowest BCUT2D eigenvalue weighted by molar-refractivity contribution is 0.475. The van der Waals surface area contributed by atoms with Gasteiger partial charge in [-0.2, -0.15) is 0 Å². The Kier molecular flexibility index (Phi) is 7.60. The highest BCUT2D eigenvalue weighted by Gasteiger charge is 2.40. The lowest BCUT2D eigenvalue weighted by Gasteiger charge is -2.30. The molecule has 0 saturated heterocycles. The lowest BCUT2D eigenvalue weighted by Crippen LogP contribution is -2.16. The second-order valence-corrected chi connectivity index (χ2v) is 23.8. The van der Waals surface area contributed by atoms with Crippen molar-refractivity contribution in [2.24, 2.45) is 5.41 Å². The van der Waals surface area contributed by atoms with Crippen LogP contribution in [0.2, 0.25) is 0 Å². The third-order valence-electron chi connectivity index (χ3n) is 16.7. The Bertz CT molecular complexity index is 4430.